The van der Waals surface area contributed by atoms with Gasteiger partial charge in [0.1, 0.15) is 5.75 Å². The van der Waals surface area contributed by atoms with Crippen molar-refractivity contribution < 1.29 is 9.13 Å². The highest BCUT2D eigenvalue weighted by atomic mass is 127. The molecule has 3 N–H and O–H groups in total. The number of aliphatic imine (C=N–C) groups is 1. The molecule has 0 radical (unpaired) electrons. The number of aromatic nitrogens is 1. The van der Waals surface area contributed by atoms with Crippen LogP contribution in [-0.2, 0) is 6.54 Å². The molecule has 24 heavy (non-hydrogen) atoms. The van der Waals surface area contributed by atoms with Crippen LogP contribution >= 0.6 is 24.0 Å². The van der Waals surface area contributed by atoms with Crippen LogP contribution in [0.4, 0.5) is 4.39 Å². The van der Waals surface area contributed by atoms with Crippen LogP contribution in [0.25, 0.3) is 0 Å². The summed E-state index contributed by atoms with van der Waals surface area (Å²) in [5.41, 5.74) is 6.50. The summed E-state index contributed by atoms with van der Waals surface area (Å²) in [6.07, 6.45) is 4.10. The van der Waals surface area contributed by atoms with Crippen LogP contribution in [0.15, 0.2) is 47.7 Å². The number of nitrogens with two attached hydrogens (primary N) is 1. The Morgan fingerprint density at radius 3 is 2.83 bits per heavy atom. The van der Waals surface area contributed by atoms with E-state index in [9.17, 15) is 4.39 Å². The Hall–Kier alpha value is -1.90. The topological polar surface area (TPSA) is 72.5 Å². The van der Waals surface area contributed by atoms with E-state index < -0.39 is 5.82 Å². The van der Waals surface area contributed by atoms with E-state index in [0.29, 0.717) is 18.3 Å². The lowest BCUT2D eigenvalue weighted by molar-refractivity contribution is 0.440. The van der Waals surface area contributed by atoms with Gasteiger partial charge in [0.15, 0.2) is 17.5 Å². The Kier molecular flexibility index (Phi) is 8.45. The van der Waals surface area contributed by atoms with E-state index in [1.807, 2.05) is 6.92 Å². The Bertz CT molecular complexity index is 667. The number of ether oxygens (including phenoxy) is 1. The van der Waals surface area contributed by atoms with Gasteiger partial charge in [0.05, 0.1) is 12.7 Å². The SMILES string of the molecule is CCC(C)NC(N)=NCc1ccc(Oc2cccnc2)c(F)c1.I. The molecule has 2 aromatic rings. The molecule has 2 rings (SSSR count). The molecule has 0 amide bonds. The number of benzene rings is 1. The average Bonchev–Trinajstić information content (AvgIpc) is 2.56. The molecule has 1 unspecified atom stereocenters. The van der Waals surface area contributed by atoms with Crippen LogP contribution in [0.3, 0.4) is 0 Å². The van der Waals surface area contributed by atoms with Crippen molar-refractivity contribution in [2.24, 2.45) is 10.7 Å². The summed E-state index contributed by atoms with van der Waals surface area (Å²) in [4.78, 5) is 8.12. The Morgan fingerprint density at radius 1 is 1.42 bits per heavy atom. The van der Waals surface area contributed by atoms with Gasteiger partial charge < -0.3 is 15.8 Å². The van der Waals surface area contributed by atoms with Gasteiger partial charge in [-0.05, 0) is 43.2 Å². The average molecular weight is 444 g/mol. The minimum atomic E-state index is -0.449. The third-order valence-electron chi connectivity index (χ3n) is 3.30. The number of hydrogen-bond donors (Lipinski definition) is 2. The van der Waals surface area contributed by atoms with Gasteiger partial charge in [0, 0.05) is 12.2 Å². The van der Waals surface area contributed by atoms with E-state index in [-0.39, 0.29) is 35.8 Å². The molecule has 0 aliphatic carbocycles. The fourth-order valence-corrected chi connectivity index (χ4v) is 1.84. The van der Waals surface area contributed by atoms with Crippen molar-refractivity contribution in [2.75, 3.05) is 0 Å². The quantitative estimate of drug-likeness (QED) is 0.404. The molecule has 1 aromatic heterocycles. The normalized spacial score (nSPS) is 12.2. The molecule has 0 aliphatic rings. The molecule has 1 aromatic carbocycles. The van der Waals surface area contributed by atoms with Crippen LogP contribution < -0.4 is 15.8 Å². The fourth-order valence-electron chi connectivity index (χ4n) is 1.84. The van der Waals surface area contributed by atoms with Crippen LogP contribution in [0.5, 0.6) is 11.5 Å². The third kappa shape index (κ3) is 6.31. The number of halogens is 2. The van der Waals surface area contributed by atoms with Crippen molar-refractivity contribution >= 4 is 29.9 Å². The standard InChI is InChI=1S/C17H21FN4O.HI/c1-3-12(2)22-17(19)21-10-13-6-7-16(15(18)9-13)23-14-5-4-8-20-11-14;/h4-9,11-12H,3,10H2,1-2H3,(H3,19,21,22);1H. The monoisotopic (exact) mass is 444 g/mol. The predicted octanol–water partition coefficient (Wildman–Crippen LogP) is 3.83. The molecule has 130 valence electrons. The van der Waals surface area contributed by atoms with E-state index in [0.717, 1.165) is 12.0 Å². The first-order valence-electron chi connectivity index (χ1n) is 7.51. The number of nitrogens with zero attached hydrogens (tertiary/aromatic N) is 2. The lowest BCUT2D eigenvalue weighted by atomic mass is 10.2. The Balaban J connectivity index is 0.00000288. The Labute approximate surface area is 158 Å². The molecular formula is C17H22FIN4O. The van der Waals surface area contributed by atoms with E-state index in [1.165, 1.54) is 12.3 Å². The molecule has 1 heterocycles. The summed E-state index contributed by atoms with van der Waals surface area (Å²) in [5.74, 6) is 0.543. The summed E-state index contributed by atoms with van der Waals surface area (Å²) in [7, 11) is 0. The molecule has 0 saturated carbocycles. The molecule has 1 atom stereocenters. The van der Waals surface area contributed by atoms with Crippen LogP contribution in [0.2, 0.25) is 0 Å². The van der Waals surface area contributed by atoms with E-state index >= 15 is 0 Å². The summed E-state index contributed by atoms with van der Waals surface area (Å²) in [6, 6.07) is 8.42. The van der Waals surface area contributed by atoms with E-state index in [1.54, 1.807) is 30.5 Å². The first-order chi connectivity index (χ1) is 11.1. The molecule has 0 saturated heterocycles. The van der Waals surface area contributed by atoms with Crippen LogP contribution in [-0.4, -0.2) is 17.0 Å². The molecule has 0 fully saturated rings. The second kappa shape index (κ2) is 10.1. The maximum Gasteiger partial charge on any atom is 0.189 e. The van der Waals surface area contributed by atoms with Crippen molar-refractivity contribution in [1.82, 2.24) is 10.3 Å². The van der Waals surface area contributed by atoms with Gasteiger partial charge >= 0.3 is 0 Å². The number of guanidine groups is 1. The van der Waals surface area contributed by atoms with Crippen molar-refractivity contribution in [2.45, 2.75) is 32.9 Å². The predicted molar refractivity (Wildman–Crippen MR) is 104 cm³/mol. The van der Waals surface area contributed by atoms with Gasteiger partial charge in [0.25, 0.3) is 0 Å². The van der Waals surface area contributed by atoms with Crippen molar-refractivity contribution in [3.8, 4) is 11.5 Å². The number of pyridine rings is 1. The maximum atomic E-state index is 14.1. The summed E-state index contributed by atoms with van der Waals surface area (Å²) < 4.78 is 19.5. The molecule has 0 bridgehead atoms. The van der Waals surface area contributed by atoms with Gasteiger partial charge in [-0.25, -0.2) is 9.38 Å². The number of hydrogen-bond acceptors (Lipinski definition) is 3. The largest absolute Gasteiger partial charge is 0.453 e. The smallest absolute Gasteiger partial charge is 0.189 e. The minimum absolute atomic E-state index is 0. The summed E-state index contributed by atoms with van der Waals surface area (Å²) >= 11 is 0. The molecule has 0 aliphatic heterocycles. The second-order valence-corrected chi connectivity index (χ2v) is 5.21. The molecular weight excluding hydrogens is 422 g/mol. The highest BCUT2D eigenvalue weighted by Gasteiger charge is 2.06. The van der Waals surface area contributed by atoms with E-state index in [2.05, 4.69) is 22.2 Å². The van der Waals surface area contributed by atoms with Crippen molar-refractivity contribution in [3.63, 3.8) is 0 Å². The Morgan fingerprint density at radius 2 is 2.21 bits per heavy atom. The van der Waals surface area contributed by atoms with Crippen molar-refractivity contribution in [3.05, 3.63) is 54.1 Å². The molecule has 7 heteroatoms. The zero-order valence-electron chi connectivity index (χ0n) is 13.7. The highest BCUT2D eigenvalue weighted by Crippen LogP contribution is 2.24. The second-order valence-electron chi connectivity index (χ2n) is 5.21. The van der Waals surface area contributed by atoms with Gasteiger partial charge in [-0.15, -0.1) is 24.0 Å². The van der Waals surface area contributed by atoms with Gasteiger partial charge in [-0.2, -0.15) is 0 Å². The lowest BCUT2D eigenvalue weighted by Crippen LogP contribution is -2.38. The fraction of sp³-hybridized carbons (Fsp3) is 0.294. The minimum Gasteiger partial charge on any atom is -0.453 e. The number of nitrogens with one attached hydrogen (secondary N) is 1. The lowest BCUT2D eigenvalue weighted by Gasteiger charge is -2.11. The van der Waals surface area contributed by atoms with Crippen molar-refractivity contribution in [1.29, 1.82) is 0 Å². The molecule has 5 nitrogen and oxygen atoms in total. The maximum absolute atomic E-state index is 14.1. The van der Waals surface area contributed by atoms with Gasteiger partial charge in [-0.3, -0.25) is 4.98 Å². The first kappa shape index (κ1) is 20.1. The highest BCUT2D eigenvalue weighted by molar-refractivity contribution is 14.0. The van der Waals surface area contributed by atoms with Gasteiger partial charge in [-0.1, -0.05) is 13.0 Å². The van der Waals surface area contributed by atoms with Crippen LogP contribution in [0.1, 0.15) is 25.8 Å². The van der Waals surface area contributed by atoms with Crippen LogP contribution in [0, 0.1) is 5.82 Å². The number of rotatable bonds is 6. The summed E-state index contributed by atoms with van der Waals surface area (Å²) in [6.45, 7) is 4.38. The third-order valence-corrected chi connectivity index (χ3v) is 3.30. The van der Waals surface area contributed by atoms with Gasteiger partial charge in [0.2, 0.25) is 0 Å². The van der Waals surface area contributed by atoms with E-state index in [4.69, 9.17) is 10.5 Å². The summed E-state index contributed by atoms with van der Waals surface area (Å²) in [5, 5.41) is 3.06. The molecule has 0 spiro atoms. The zero-order valence-corrected chi connectivity index (χ0v) is 16.0. The first-order valence-corrected chi connectivity index (χ1v) is 7.51. The zero-order chi connectivity index (χ0) is 16.7.